The van der Waals surface area contributed by atoms with Gasteiger partial charge in [-0.15, -0.1) is 5.10 Å². The summed E-state index contributed by atoms with van der Waals surface area (Å²) in [6.45, 7) is 5.41. The van der Waals surface area contributed by atoms with Crippen LogP contribution in [0.1, 0.15) is 20.8 Å². The second-order valence-electron chi connectivity index (χ2n) is 1.92. The monoisotopic (exact) mass is 170 g/mol. The van der Waals surface area contributed by atoms with Crippen molar-refractivity contribution in [3.63, 3.8) is 0 Å². The summed E-state index contributed by atoms with van der Waals surface area (Å²) in [5, 5.41) is 6.27. The molecular weight excluding hydrogens is 156 g/mol. The summed E-state index contributed by atoms with van der Waals surface area (Å²) in [7, 11) is 1.73. The van der Waals surface area contributed by atoms with Gasteiger partial charge in [-0.05, 0) is 0 Å². The molecule has 0 radical (unpaired) electrons. The SMILES string of the molecule is CC.CC(=O)Nc1ncn(C)n1. The number of hydrogen-bond donors (Lipinski definition) is 1. The summed E-state index contributed by atoms with van der Waals surface area (Å²) in [4.78, 5) is 14.2. The second kappa shape index (κ2) is 5.29. The lowest BCUT2D eigenvalue weighted by atomic mass is 10.7. The van der Waals surface area contributed by atoms with Gasteiger partial charge in [0.2, 0.25) is 11.9 Å². The zero-order valence-electron chi connectivity index (χ0n) is 7.83. The molecule has 0 bridgehead atoms. The molecule has 0 fully saturated rings. The third-order valence-corrected chi connectivity index (χ3v) is 0.887. The van der Waals surface area contributed by atoms with Gasteiger partial charge in [0.1, 0.15) is 6.33 Å². The van der Waals surface area contributed by atoms with Gasteiger partial charge >= 0.3 is 0 Å². The summed E-state index contributed by atoms with van der Waals surface area (Å²) in [5.74, 6) is 0.182. The molecule has 1 N–H and O–H groups in total. The molecule has 1 aromatic heterocycles. The number of nitrogens with one attached hydrogen (secondary N) is 1. The van der Waals surface area contributed by atoms with E-state index < -0.39 is 0 Å². The summed E-state index contributed by atoms with van der Waals surface area (Å²) in [5.41, 5.74) is 0. The summed E-state index contributed by atoms with van der Waals surface area (Å²) >= 11 is 0. The molecule has 1 amide bonds. The number of aryl methyl sites for hydroxylation is 1. The molecule has 0 atom stereocenters. The Kier molecular flexibility index (Phi) is 4.67. The number of anilines is 1. The topological polar surface area (TPSA) is 59.8 Å². The maximum atomic E-state index is 10.4. The van der Waals surface area contributed by atoms with E-state index in [9.17, 15) is 4.79 Å². The maximum Gasteiger partial charge on any atom is 0.248 e. The molecule has 1 rings (SSSR count). The Morgan fingerprint density at radius 2 is 2.17 bits per heavy atom. The summed E-state index contributed by atoms with van der Waals surface area (Å²) in [6.07, 6.45) is 1.52. The van der Waals surface area contributed by atoms with Gasteiger partial charge in [0.15, 0.2) is 0 Å². The molecule has 5 heteroatoms. The molecule has 0 aliphatic rings. The molecule has 1 aromatic rings. The van der Waals surface area contributed by atoms with Crippen molar-refractivity contribution in [3.05, 3.63) is 6.33 Å². The fourth-order valence-electron chi connectivity index (χ4n) is 0.554. The molecule has 5 nitrogen and oxygen atoms in total. The largest absolute Gasteiger partial charge is 0.293 e. The van der Waals surface area contributed by atoms with Crippen molar-refractivity contribution in [2.24, 2.45) is 7.05 Å². The highest BCUT2D eigenvalue weighted by Crippen LogP contribution is 1.92. The highest BCUT2D eigenvalue weighted by Gasteiger charge is 1.97. The molecule has 1 heterocycles. The van der Waals surface area contributed by atoms with Crippen molar-refractivity contribution in [1.82, 2.24) is 14.8 Å². The van der Waals surface area contributed by atoms with E-state index in [0.29, 0.717) is 5.95 Å². The standard InChI is InChI=1S/C5H8N4O.C2H6/c1-4(10)7-5-6-3-9(2)8-5;1-2/h3H,1-2H3,(H,7,8,10);1-2H3. The quantitative estimate of drug-likeness (QED) is 0.678. The minimum absolute atomic E-state index is 0.161. The summed E-state index contributed by atoms with van der Waals surface area (Å²) < 4.78 is 1.52. The predicted molar refractivity (Wildman–Crippen MR) is 46.7 cm³/mol. The number of carbonyl (C=O) groups is 1. The van der Waals surface area contributed by atoms with Gasteiger partial charge in [-0.25, -0.2) is 4.98 Å². The number of aromatic nitrogens is 3. The third-order valence-electron chi connectivity index (χ3n) is 0.887. The number of rotatable bonds is 1. The van der Waals surface area contributed by atoms with Crippen LogP contribution in [-0.2, 0) is 11.8 Å². The average Bonchev–Trinajstić information content (AvgIpc) is 2.39. The highest BCUT2D eigenvalue weighted by molar-refractivity contribution is 5.86. The van der Waals surface area contributed by atoms with Crippen LogP contribution in [0.4, 0.5) is 5.95 Å². The Morgan fingerprint density at radius 1 is 1.58 bits per heavy atom. The van der Waals surface area contributed by atoms with Crippen LogP contribution in [0.15, 0.2) is 6.33 Å². The first-order valence-electron chi connectivity index (χ1n) is 3.81. The minimum Gasteiger partial charge on any atom is -0.293 e. The first-order valence-corrected chi connectivity index (χ1v) is 3.81. The molecule has 0 saturated carbocycles. The molecule has 0 aromatic carbocycles. The van der Waals surface area contributed by atoms with Gasteiger partial charge in [-0.2, -0.15) is 0 Å². The molecule has 0 saturated heterocycles. The first kappa shape index (κ1) is 10.6. The zero-order valence-corrected chi connectivity index (χ0v) is 7.83. The Balaban J connectivity index is 0.000000561. The van der Waals surface area contributed by atoms with E-state index in [4.69, 9.17) is 0 Å². The highest BCUT2D eigenvalue weighted by atomic mass is 16.1. The lowest BCUT2D eigenvalue weighted by Crippen LogP contribution is -2.07. The van der Waals surface area contributed by atoms with E-state index in [1.165, 1.54) is 17.9 Å². The first-order chi connectivity index (χ1) is 5.68. The van der Waals surface area contributed by atoms with Crippen molar-refractivity contribution in [2.75, 3.05) is 5.32 Å². The molecule has 0 spiro atoms. The third kappa shape index (κ3) is 3.70. The lowest BCUT2D eigenvalue weighted by Gasteiger charge is -1.90. The number of carbonyl (C=O) groups excluding carboxylic acids is 1. The van der Waals surface area contributed by atoms with Crippen molar-refractivity contribution < 1.29 is 4.79 Å². The number of hydrogen-bond acceptors (Lipinski definition) is 3. The van der Waals surface area contributed by atoms with Crippen LogP contribution in [0.3, 0.4) is 0 Å². The number of amides is 1. The van der Waals surface area contributed by atoms with Crippen molar-refractivity contribution in [2.45, 2.75) is 20.8 Å². The summed E-state index contributed by atoms with van der Waals surface area (Å²) in [6, 6.07) is 0. The zero-order chi connectivity index (χ0) is 9.56. The predicted octanol–water partition coefficient (Wildman–Crippen LogP) is 0.800. The fraction of sp³-hybridized carbons (Fsp3) is 0.571. The Labute approximate surface area is 71.8 Å². The van der Waals surface area contributed by atoms with E-state index in [0.717, 1.165) is 0 Å². The molecule has 12 heavy (non-hydrogen) atoms. The van der Waals surface area contributed by atoms with Crippen molar-refractivity contribution in [3.8, 4) is 0 Å². The maximum absolute atomic E-state index is 10.4. The Bertz CT molecular complexity index is 243. The van der Waals surface area contributed by atoms with Gasteiger partial charge in [0, 0.05) is 14.0 Å². The van der Waals surface area contributed by atoms with Crippen LogP contribution < -0.4 is 5.32 Å². The number of nitrogens with zero attached hydrogens (tertiary/aromatic N) is 3. The van der Waals surface area contributed by atoms with Gasteiger partial charge < -0.3 is 0 Å². The molecule has 0 aliphatic heterocycles. The van der Waals surface area contributed by atoms with E-state index in [2.05, 4.69) is 15.4 Å². The smallest absolute Gasteiger partial charge is 0.248 e. The Hall–Kier alpha value is -1.39. The second-order valence-corrected chi connectivity index (χ2v) is 1.92. The van der Waals surface area contributed by atoms with Crippen LogP contribution in [0.25, 0.3) is 0 Å². The minimum atomic E-state index is -0.161. The van der Waals surface area contributed by atoms with E-state index in [-0.39, 0.29) is 5.91 Å². The van der Waals surface area contributed by atoms with Gasteiger partial charge in [-0.1, -0.05) is 13.8 Å². The normalized spacial score (nSPS) is 8.33. The van der Waals surface area contributed by atoms with Crippen LogP contribution in [0.5, 0.6) is 0 Å². The molecular formula is C7H14N4O. The van der Waals surface area contributed by atoms with Gasteiger partial charge in [0.25, 0.3) is 0 Å². The van der Waals surface area contributed by atoms with Crippen LogP contribution in [0, 0.1) is 0 Å². The van der Waals surface area contributed by atoms with Crippen LogP contribution >= 0.6 is 0 Å². The van der Waals surface area contributed by atoms with E-state index in [1.807, 2.05) is 13.8 Å². The molecule has 68 valence electrons. The van der Waals surface area contributed by atoms with E-state index >= 15 is 0 Å². The lowest BCUT2D eigenvalue weighted by molar-refractivity contribution is -0.114. The van der Waals surface area contributed by atoms with Gasteiger partial charge in [-0.3, -0.25) is 14.8 Å². The van der Waals surface area contributed by atoms with Crippen LogP contribution in [0.2, 0.25) is 0 Å². The average molecular weight is 170 g/mol. The van der Waals surface area contributed by atoms with E-state index in [1.54, 1.807) is 7.05 Å². The molecule has 0 aliphatic carbocycles. The van der Waals surface area contributed by atoms with Crippen molar-refractivity contribution in [1.29, 1.82) is 0 Å². The fourth-order valence-corrected chi connectivity index (χ4v) is 0.554. The molecule has 0 unspecified atom stereocenters. The Morgan fingerprint density at radius 3 is 2.50 bits per heavy atom. The van der Waals surface area contributed by atoms with Gasteiger partial charge in [0.05, 0.1) is 0 Å². The van der Waals surface area contributed by atoms with Crippen LogP contribution in [-0.4, -0.2) is 20.7 Å². The van der Waals surface area contributed by atoms with Crippen molar-refractivity contribution >= 4 is 11.9 Å².